The third-order valence-electron chi connectivity index (χ3n) is 4.22. The van der Waals surface area contributed by atoms with Gasteiger partial charge in [0.1, 0.15) is 11.6 Å². The van der Waals surface area contributed by atoms with E-state index in [-0.39, 0.29) is 0 Å². The van der Waals surface area contributed by atoms with Gasteiger partial charge in [0, 0.05) is 54.9 Å². The van der Waals surface area contributed by atoms with Crippen LogP contribution in [-0.2, 0) is 0 Å². The minimum absolute atomic E-state index is 0.519. The Hall–Kier alpha value is -3.13. The van der Waals surface area contributed by atoms with Crippen LogP contribution < -0.4 is 26.4 Å². The monoisotopic (exact) mass is 367 g/mol. The van der Waals surface area contributed by atoms with Crippen LogP contribution in [0.1, 0.15) is 11.3 Å². The van der Waals surface area contributed by atoms with Crippen molar-refractivity contribution >= 4 is 28.7 Å². The first-order valence-electron chi connectivity index (χ1n) is 8.79. The molecule has 0 radical (unpaired) electrons. The normalized spacial score (nSPS) is 14.5. The number of rotatable bonds is 6. The van der Waals surface area contributed by atoms with Crippen molar-refractivity contribution in [2.24, 2.45) is 10.7 Å². The average Bonchev–Trinajstić information content (AvgIpc) is 2.69. The van der Waals surface area contributed by atoms with Crippen LogP contribution in [0.25, 0.3) is 5.57 Å². The Labute approximate surface area is 159 Å². The molecule has 0 fully saturated rings. The van der Waals surface area contributed by atoms with Crippen molar-refractivity contribution in [2.45, 2.75) is 6.92 Å². The van der Waals surface area contributed by atoms with E-state index in [9.17, 15) is 0 Å². The number of nitrogens with one attached hydrogen (secondary N) is 3. The van der Waals surface area contributed by atoms with Crippen LogP contribution in [-0.4, -0.2) is 49.5 Å². The first-order chi connectivity index (χ1) is 13.1. The standard InChI is InChI=1S/C19H25N7O/c1-12-8-18(21-2)26-19(24-12)25-13-4-5-17(27-3)14(9-13)15(10-20)16-11-22-6-7-23-16/h4-5,8-10,22H,6-7,11,20H2,1-3H3,(H2,21,24,25,26). The number of hydrogen-bond donors (Lipinski definition) is 4. The molecular weight excluding hydrogens is 342 g/mol. The quantitative estimate of drug-likeness (QED) is 0.617. The highest BCUT2D eigenvalue weighted by molar-refractivity contribution is 6.25. The van der Waals surface area contributed by atoms with E-state index >= 15 is 0 Å². The predicted octanol–water partition coefficient (Wildman–Crippen LogP) is 1.92. The lowest BCUT2D eigenvalue weighted by Crippen LogP contribution is -2.31. The second-order valence-electron chi connectivity index (χ2n) is 6.09. The molecule has 0 spiro atoms. The number of anilines is 3. The summed E-state index contributed by atoms with van der Waals surface area (Å²) >= 11 is 0. The van der Waals surface area contributed by atoms with E-state index in [1.54, 1.807) is 13.3 Å². The Morgan fingerprint density at radius 2 is 2.15 bits per heavy atom. The summed E-state index contributed by atoms with van der Waals surface area (Å²) in [7, 11) is 3.47. The summed E-state index contributed by atoms with van der Waals surface area (Å²) in [4.78, 5) is 13.5. The number of methoxy groups -OCH3 is 1. The van der Waals surface area contributed by atoms with Gasteiger partial charge in [0.25, 0.3) is 0 Å². The topological polar surface area (TPSA) is 109 Å². The van der Waals surface area contributed by atoms with Crippen molar-refractivity contribution in [1.82, 2.24) is 15.3 Å². The molecule has 0 bridgehead atoms. The lowest BCUT2D eigenvalue weighted by Gasteiger charge is -2.19. The van der Waals surface area contributed by atoms with Gasteiger partial charge in [0.2, 0.25) is 5.95 Å². The Bertz CT molecular complexity index is 876. The van der Waals surface area contributed by atoms with Gasteiger partial charge in [-0.05, 0) is 25.1 Å². The van der Waals surface area contributed by atoms with Crippen LogP contribution in [0.5, 0.6) is 5.75 Å². The van der Waals surface area contributed by atoms with Crippen molar-refractivity contribution in [2.75, 3.05) is 44.4 Å². The van der Waals surface area contributed by atoms with Gasteiger partial charge in [-0.1, -0.05) is 0 Å². The molecule has 0 unspecified atom stereocenters. The molecule has 0 saturated carbocycles. The molecular formula is C19H25N7O. The van der Waals surface area contributed by atoms with Crippen molar-refractivity contribution in [3.63, 3.8) is 0 Å². The van der Waals surface area contributed by atoms with Gasteiger partial charge in [0.05, 0.1) is 19.4 Å². The number of aliphatic imine (C=N–C) groups is 1. The van der Waals surface area contributed by atoms with Gasteiger partial charge in [-0.25, -0.2) is 4.98 Å². The van der Waals surface area contributed by atoms with Crippen LogP contribution in [0.2, 0.25) is 0 Å². The minimum Gasteiger partial charge on any atom is -0.496 e. The summed E-state index contributed by atoms with van der Waals surface area (Å²) in [6.07, 6.45) is 1.58. The second-order valence-corrected chi connectivity index (χ2v) is 6.09. The molecule has 1 aliphatic heterocycles. The van der Waals surface area contributed by atoms with E-state index in [1.165, 1.54) is 0 Å². The lowest BCUT2D eigenvalue weighted by molar-refractivity contribution is 0.413. The highest BCUT2D eigenvalue weighted by Gasteiger charge is 2.17. The summed E-state index contributed by atoms with van der Waals surface area (Å²) in [5, 5.41) is 9.61. The van der Waals surface area contributed by atoms with Crippen LogP contribution >= 0.6 is 0 Å². The molecule has 2 aromatic rings. The molecule has 142 valence electrons. The third kappa shape index (κ3) is 4.35. The fraction of sp³-hybridized carbons (Fsp3) is 0.316. The lowest BCUT2D eigenvalue weighted by atomic mass is 9.99. The van der Waals surface area contributed by atoms with Crippen LogP contribution in [0, 0.1) is 6.92 Å². The van der Waals surface area contributed by atoms with Crippen molar-refractivity contribution in [1.29, 1.82) is 0 Å². The van der Waals surface area contributed by atoms with Gasteiger partial charge < -0.3 is 26.4 Å². The zero-order valence-electron chi connectivity index (χ0n) is 15.8. The number of hydrogen-bond acceptors (Lipinski definition) is 8. The SMILES string of the molecule is CNc1cc(C)nc(Nc2ccc(OC)c(C(=CN)C3=NCCNC3)c2)n1. The molecule has 0 amide bonds. The molecule has 8 heteroatoms. The molecule has 0 saturated heterocycles. The number of nitrogens with zero attached hydrogens (tertiary/aromatic N) is 3. The molecule has 27 heavy (non-hydrogen) atoms. The Morgan fingerprint density at radius 3 is 2.81 bits per heavy atom. The molecule has 8 nitrogen and oxygen atoms in total. The molecule has 0 atom stereocenters. The van der Waals surface area contributed by atoms with Crippen LogP contribution in [0.4, 0.5) is 17.5 Å². The van der Waals surface area contributed by atoms with E-state index in [2.05, 4.69) is 30.9 Å². The van der Waals surface area contributed by atoms with E-state index in [1.807, 2.05) is 38.2 Å². The maximum atomic E-state index is 5.94. The fourth-order valence-electron chi connectivity index (χ4n) is 2.93. The molecule has 0 aliphatic carbocycles. The molecule has 1 aliphatic rings. The summed E-state index contributed by atoms with van der Waals surface area (Å²) < 4.78 is 5.54. The summed E-state index contributed by atoms with van der Waals surface area (Å²) in [6.45, 7) is 4.21. The molecule has 2 heterocycles. The number of benzene rings is 1. The number of aryl methyl sites for hydroxylation is 1. The van der Waals surface area contributed by atoms with E-state index in [4.69, 9.17) is 10.5 Å². The fourth-order valence-corrected chi connectivity index (χ4v) is 2.93. The Kier molecular flexibility index (Phi) is 5.87. The summed E-state index contributed by atoms with van der Waals surface area (Å²) in [5.41, 5.74) is 10.3. The smallest absolute Gasteiger partial charge is 0.229 e. The number of nitrogens with two attached hydrogens (primary N) is 1. The molecule has 1 aromatic heterocycles. The van der Waals surface area contributed by atoms with E-state index in [0.717, 1.165) is 52.9 Å². The predicted molar refractivity (Wildman–Crippen MR) is 110 cm³/mol. The van der Waals surface area contributed by atoms with Gasteiger partial charge >= 0.3 is 0 Å². The van der Waals surface area contributed by atoms with Gasteiger partial charge in [0.15, 0.2) is 0 Å². The van der Waals surface area contributed by atoms with Crippen molar-refractivity contribution < 1.29 is 4.74 Å². The number of aromatic nitrogens is 2. The zero-order chi connectivity index (χ0) is 19.2. The maximum absolute atomic E-state index is 5.94. The second kappa shape index (κ2) is 8.50. The highest BCUT2D eigenvalue weighted by atomic mass is 16.5. The molecule has 1 aromatic carbocycles. The van der Waals surface area contributed by atoms with Crippen LogP contribution in [0.3, 0.4) is 0 Å². The summed E-state index contributed by atoms with van der Waals surface area (Å²) in [5.74, 6) is 2.00. The van der Waals surface area contributed by atoms with Crippen molar-refractivity contribution in [3.05, 3.63) is 41.7 Å². The average molecular weight is 367 g/mol. The molecule has 3 rings (SSSR count). The van der Waals surface area contributed by atoms with E-state index < -0.39 is 0 Å². The third-order valence-corrected chi connectivity index (χ3v) is 4.22. The van der Waals surface area contributed by atoms with Crippen molar-refractivity contribution in [3.8, 4) is 5.75 Å². The highest BCUT2D eigenvalue weighted by Crippen LogP contribution is 2.31. The van der Waals surface area contributed by atoms with Gasteiger partial charge in [-0.3, -0.25) is 4.99 Å². The summed E-state index contributed by atoms with van der Waals surface area (Å²) in [6, 6.07) is 7.67. The number of ether oxygens (including phenoxy) is 1. The Balaban J connectivity index is 1.96. The van der Waals surface area contributed by atoms with Crippen LogP contribution in [0.15, 0.2) is 35.5 Å². The zero-order valence-corrected chi connectivity index (χ0v) is 15.8. The largest absolute Gasteiger partial charge is 0.496 e. The van der Waals surface area contributed by atoms with Gasteiger partial charge in [-0.2, -0.15) is 4.98 Å². The van der Waals surface area contributed by atoms with E-state index in [0.29, 0.717) is 12.5 Å². The first-order valence-corrected chi connectivity index (χ1v) is 8.79. The molecule has 5 N–H and O–H groups in total. The Morgan fingerprint density at radius 1 is 1.30 bits per heavy atom. The minimum atomic E-state index is 0.519. The first kappa shape index (κ1) is 18.7. The van der Waals surface area contributed by atoms with Gasteiger partial charge in [-0.15, -0.1) is 0 Å². The maximum Gasteiger partial charge on any atom is 0.229 e.